The van der Waals surface area contributed by atoms with Crippen LogP contribution in [0.25, 0.3) is 0 Å². The zero-order valence-corrected chi connectivity index (χ0v) is 14.7. The maximum atomic E-state index is 12.5. The Bertz CT molecular complexity index is 694. The summed E-state index contributed by atoms with van der Waals surface area (Å²) in [6.07, 6.45) is 3.22. The molecule has 1 aliphatic heterocycles. The molecular weight excluding hydrogens is 320 g/mol. The fourth-order valence-corrected chi connectivity index (χ4v) is 3.48. The number of aryl methyl sites for hydroxylation is 1. The topological polar surface area (TPSA) is 32.3 Å². The zero-order chi connectivity index (χ0) is 16.9. The van der Waals surface area contributed by atoms with Gasteiger partial charge in [0.15, 0.2) is 0 Å². The number of halogens is 1. The molecule has 1 fully saturated rings. The highest BCUT2D eigenvalue weighted by Gasteiger charge is 2.23. The Labute approximate surface area is 148 Å². The average Bonchev–Trinajstić information content (AvgIpc) is 2.59. The van der Waals surface area contributed by atoms with Gasteiger partial charge in [0.1, 0.15) is 0 Å². The van der Waals surface area contributed by atoms with Gasteiger partial charge in [0.25, 0.3) is 0 Å². The second-order valence-corrected chi connectivity index (χ2v) is 6.95. The highest BCUT2D eigenvalue weighted by Crippen LogP contribution is 2.24. The van der Waals surface area contributed by atoms with Crippen LogP contribution in [0.4, 0.5) is 10.5 Å². The van der Waals surface area contributed by atoms with Crippen LogP contribution in [-0.2, 0) is 6.42 Å². The summed E-state index contributed by atoms with van der Waals surface area (Å²) in [6, 6.07) is 16.1. The average molecular weight is 343 g/mol. The van der Waals surface area contributed by atoms with Gasteiger partial charge >= 0.3 is 6.03 Å². The van der Waals surface area contributed by atoms with E-state index in [-0.39, 0.29) is 6.03 Å². The first kappa shape index (κ1) is 16.8. The molecule has 0 unspecified atom stereocenters. The first-order valence-electron chi connectivity index (χ1n) is 8.48. The second kappa shape index (κ2) is 7.71. The number of carbonyl (C=O) groups excluding carboxylic acids is 1. The molecule has 2 amide bonds. The van der Waals surface area contributed by atoms with Crippen molar-refractivity contribution in [3.63, 3.8) is 0 Å². The van der Waals surface area contributed by atoms with Crippen LogP contribution in [0.2, 0.25) is 5.02 Å². The van der Waals surface area contributed by atoms with E-state index in [0.29, 0.717) is 10.9 Å². The molecule has 0 spiro atoms. The van der Waals surface area contributed by atoms with Gasteiger partial charge in [-0.1, -0.05) is 41.9 Å². The SMILES string of the molecule is Cc1cc(Cl)ccc1NC(=O)N1CCC(Cc2ccccc2)CC1. The summed E-state index contributed by atoms with van der Waals surface area (Å²) in [7, 11) is 0. The molecule has 24 heavy (non-hydrogen) atoms. The van der Waals surface area contributed by atoms with Gasteiger partial charge in [-0.2, -0.15) is 0 Å². The zero-order valence-electron chi connectivity index (χ0n) is 14.0. The molecule has 1 saturated heterocycles. The third-order valence-electron chi connectivity index (χ3n) is 4.70. The van der Waals surface area contributed by atoms with Gasteiger partial charge in [-0.25, -0.2) is 4.79 Å². The summed E-state index contributed by atoms with van der Waals surface area (Å²) in [6.45, 7) is 3.58. The maximum absolute atomic E-state index is 12.5. The fourth-order valence-electron chi connectivity index (χ4n) is 3.25. The number of piperidine rings is 1. The largest absolute Gasteiger partial charge is 0.325 e. The number of likely N-dealkylation sites (tertiary alicyclic amines) is 1. The summed E-state index contributed by atoms with van der Waals surface area (Å²) < 4.78 is 0. The summed E-state index contributed by atoms with van der Waals surface area (Å²) in [5.41, 5.74) is 3.20. The Morgan fingerprint density at radius 2 is 1.88 bits per heavy atom. The van der Waals surface area contributed by atoms with Crippen LogP contribution in [0.3, 0.4) is 0 Å². The minimum Gasteiger partial charge on any atom is -0.325 e. The molecule has 2 aromatic carbocycles. The second-order valence-electron chi connectivity index (χ2n) is 6.51. The molecule has 3 nitrogen and oxygen atoms in total. The summed E-state index contributed by atoms with van der Waals surface area (Å²) in [4.78, 5) is 14.4. The number of carbonyl (C=O) groups is 1. The van der Waals surface area contributed by atoms with Crippen LogP contribution in [-0.4, -0.2) is 24.0 Å². The summed E-state index contributed by atoms with van der Waals surface area (Å²) in [5, 5.41) is 3.69. The Balaban J connectivity index is 1.51. The van der Waals surface area contributed by atoms with Gasteiger partial charge in [0.2, 0.25) is 0 Å². The molecule has 0 aromatic heterocycles. The van der Waals surface area contributed by atoms with Crippen LogP contribution < -0.4 is 5.32 Å². The van der Waals surface area contributed by atoms with Gasteiger partial charge in [-0.3, -0.25) is 0 Å². The van der Waals surface area contributed by atoms with Gasteiger partial charge in [-0.15, -0.1) is 0 Å². The standard InChI is InChI=1S/C20H23ClN2O/c1-15-13-18(21)7-8-19(15)22-20(24)23-11-9-17(10-12-23)14-16-5-3-2-4-6-16/h2-8,13,17H,9-12,14H2,1H3,(H,22,24). The van der Waals surface area contributed by atoms with Crippen molar-refractivity contribution >= 4 is 23.3 Å². The molecule has 0 saturated carbocycles. The molecule has 126 valence electrons. The van der Waals surface area contributed by atoms with E-state index in [9.17, 15) is 4.79 Å². The minimum absolute atomic E-state index is 0.0152. The predicted molar refractivity (Wildman–Crippen MR) is 99.7 cm³/mol. The van der Waals surface area contributed by atoms with Crippen molar-refractivity contribution in [3.05, 3.63) is 64.7 Å². The molecular formula is C20H23ClN2O. The van der Waals surface area contributed by atoms with Gasteiger partial charge in [-0.05, 0) is 61.4 Å². The number of hydrogen-bond donors (Lipinski definition) is 1. The molecule has 2 aromatic rings. The first-order valence-corrected chi connectivity index (χ1v) is 8.85. The first-order chi connectivity index (χ1) is 11.6. The monoisotopic (exact) mass is 342 g/mol. The van der Waals surface area contributed by atoms with Crippen molar-refractivity contribution < 1.29 is 4.79 Å². The maximum Gasteiger partial charge on any atom is 0.321 e. The molecule has 0 atom stereocenters. The molecule has 4 heteroatoms. The van der Waals surface area contributed by atoms with Crippen LogP contribution in [0.1, 0.15) is 24.0 Å². The summed E-state index contributed by atoms with van der Waals surface area (Å²) >= 11 is 5.96. The molecule has 3 rings (SSSR count). The number of amides is 2. The molecule has 0 bridgehead atoms. The Hall–Kier alpha value is -2.00. The molecule has 1 aliphatic rings. The Morgan fingerprint density at radius 1 is 1.17 bits per heavy atom. The third-order valence-corrected chi connectivity index (χ3v) is 4.93. The molecule has 0 radical (unpaired) electrons. The van der Waals surface area contributed by atoms with E-state index in [0.717, 1.165) is 43.6 Å². The van der Waals surface area contributed by atoms with Gasteiger partial charge < -0.3 is 10.2 Å². The molecule has 1 N–H and O–H groups in total. The number of urea groups is 1. The van der Waals surface area contributed by atoms with Crippen LogP contribution in [0.5, 0.6) is 0 Å². The number of benzene rings is 2. The number of nitrogens with zero attached hydrogens (tertiary/aromatic N) is 1. The third kappa shape index (κ3) is 4.30. The van der Waals surface area contributed by atoms with Crippen molar-refractivity contribution in [1.82, 2.24) is 4.90 Å². The van der Waals surface area contributed by atoms with E-state index in [1.807, 2.05) is 24.0 Å². The van der Waals surface area contributed by atoms with E-state index in [1.54, 1.807) is 6.07 Å². The smallest absolute Gasteiger partial charge is 0.321 e. The van der Waals surface area contributed by atoms with E-state index in [1.165, 1.54) is 5.56 Å². The van der Waals surface area contributed by atoms with Crippen LogP contribution >= 0.6 is 11.6 Å². The van der Waals surface area contributed by atoms with Crippen LogP contribution in [0.15, 0.2) is 48.5 Å². The van der Waals surface area contributed by atoms with Crippen molar-refractivity contribution in [2.45, 2.75) is 26.2 Å². The lowest BCUT2D eigenvalue weighted by molar-refractivity contribution is 0.182. The quantitative estimate of drug-likeness (QED) is 0.823. The van der Waals surface area contributed by atoms with E-state index in [4.69, 9.17) is 11.6 Å². The lowest BCUT2D eigenvalue weighted by Gasteiger charge is -2.32. The fraction of sp³-hybridized carbons (Fsp3) is 0.350. The van der Waals surface area contributed by atoms with Crippen molar-refractivity contribution in [2.75, 3.05) is 18.4 Å². The summed E-state index contributed by atoms with van der Waals surface area (Å²) in [5.74, 6) is 0.661. The molecule has 1 heterocycles. The minimum atomic E-state index is -0.0152. The van der Waals surface area contributed by atoms with Crippen molar-refractivity contribution in [1.29, 1.82) is 0 Å². The van der Waals surface area contributed by atoms with E-state index >= 15 is 0 Å². The van der Waals surface area contributed by atoms with Crippen LogP contribution in [0, 0.1) is 12.8 Å². The lowest BCUT2D eigenvalue weighted by atomic mass is 9.90. The highest BCUT2D eigenvalue weighted by molar-refractivity contribution is 6.30. The predicted octanol–water partition coefficient (Wildman–Crippen LogP) is 5.14. The number of anilines is 1. The number of nitrogens with one attached hydrogen (secondary N) is 1. The van der Waals surface area contributed by atoms with Gasteiger partial charge in [0.05, 0.1) is 0 Å². The number of rotatable bonds is 3. The van der Waals surface area contributed by atoms with E-state index in [2.05, 4.69) is 35.6 Å². The number of hydrogen-bond acceptors (Lipinski definition) is 1. The normalized spacial score (nSPS) is 15.3. The Morgan fingerprint density at radius 3 is 2.54 bits per heavy atom. The van der Waals surface area contributed by atoms with Crippen molar-refractivity contribution in [2.24, 2.45) is 5.92 Å². The van der Waals surface area contributed by atoms with Crippen molar-refractivity contribution in [3.8, 4) is 0 Å². The lowest BCUT2D eigenvalue weighted by Crippen LogP contribution is -2.41. The Kier molecular flexibility index (Phi) is 5.41. The molecule has 0 aliphatic carbocycles. The van der Waals surface area contributed by atoms with Gasteiger partial charge in [0, 0.05) is 23.8 Å². The highest BCUT2D eigenvalue weighted by atomic mass is 35.5. The van der Waals surface area contributed by atoms with E-state index < -0.39 is 0 Å².